The van der Waals surface area contributed by atoms with E-state index in [2.05, 4.69) is 0 Å². The molecule has 1 fully saturated rings. The lowest BCUT2D eigenvalue weighted by atomic mass is 10.1. The fourth-order valence-electron chi connectivity index (χ4n) is 2.54. The number of nitrogens with zero attached hydrogens (tertiary/aromatic N) is 2. The van der Waals surface area contributed by atoms with Crippen LogP contribution in [0.1, 0.15) is 11.1 Å². The Hall–Kier alpha value is -1.18. The van der Waals surface area contributed by atoms with Crippen molar-refractivity contribution in [1.82, 2.24) is 9.80 Å². The van der Waals surface area contributed by atoms with Crippen molar-refractivity contribution >= 4 is 0 Å². The Morgan fingerprint density at radius 3 is 2.10 bits per heavy atom. The molecule has 0 amide bonds. The first-order valence-electron chi connectivity index (χ1n) is 6.85. The number of hydrogen-bond acceptors (Lipinski definition) is 3. The zero-order valence-corrected chi connectivity index (χ0v) is 11.7. The van der Waals surface area contributed by atoms with Crippen LogP contribution in [0.25, 0.3) is 0 Å². The average Bonchev–Trinajstić information content (AvgIpc) is 2.38. The quantitative estimate of drug-likeness (QED) is 0.863. The van der Waals surface area contributed by atoms with Gasteiger partial charge in [0.1, 0.15) is 5.82 Å². The van der Waals surface area contributed by atoms with Crippen molar-refractivity contribution in [2.24, 2.45) is 5.73 Å². The molecule has 21 heavy (non-hydrogen) atoms. The fourth-order valence-corrected chi connectivity index (χ4v) is 2.54. The third kappa shape index (κ3) is 5.26. The van der Waals surface area contributed by atoms with Crippen LogP contribution in [0.5, 0.6) is 0 Å². The summed E-state index contributed by atoms with van der Waals surface area (Å²) in [5.41, 5.74) is 7.03. The minimum atomic E-state index is -4.15. The van der Waals surface area contributed by atoms with Gasteiger partial charge in [-0.2, -0.15) is 13.2 Å². The van der Waals surface area contributed by atoms with Crippen LogP contribution in [0.4, 0.5) is 17.6 Å². The van der Waals surface area contributed by atoms with Crippen LogP contribution in [0.2, 0.25) is 0 Å². The van der Waals surface area contributed by atoms with Crippen molar-refractivity contribution in [2.75, 3.05) is 32.7 Å². The van der Waals surface area contributed by atoms with E-state index in [1.54, 1.807) is 0 Å². The smallest absolute Gasteiger partial charge is 0.326 e. The number of piperazine rings is 1. The van der Waals surface area contributed by atoms with Gasteiger partial charge in [-0.3, -0.25) is 9.80 Å². The molecule has 1 aliphatic heterocycles. The molecule has 1 heterocycles. The molecule has 0 saturated carbocycles. The van der Waals surface area contributed by atoms with E-state index in [-0.39, 0.29) is 12.4 Å². The van der Waals surface area contributed by atoms with Gasteiger partial charge in [0, 0.05) is 39.3 Å². The Morgan fingerprint density at radius 1 is 0.952 bits per heavy atom. The second-order valence-electron chi connectivity index (χ2n) is 5.34. The molecular weight excluding hydrogens is 286 g/mol. The Balaban J connectivity index is 1.87. The average molecular weight is 305 g/mol. The van der Waals surface area contributed by atoms with Gasteiger partial charge < -0.3 is 5.73 Å². The van der Waals surface area contributed by atoms with Crippen molar-refractivity contribution in [1.29, 1.82) is 0 Å². The Kier molecular flexibility index (Phi) is 5.18. The molecule has 1 saturated heterocycles. The fraction of sp³-hybridized carbons (Fsp3) is 0.571. The van der Waals surface area contributed by atoms with Crippen molar-refractivity contribution in [3.8, 4) is 0 Å². The normalized spacial score (nSPS) is 18.1. The summed E-state index contributed by atoms with van der Waals surface area (Å²) in [7, 11) is 0. The van der Waals surface area contributed by atoms with Gasteiger partial charge in [0.05, 0.1) is 6.54 Å². The first-order chi connectivity index (χ1) is 9.85. The van der Waals surface area contributed by atoms with E-state index in [1.165, 1.54) is 17.0 Å². The summed E-state index contributed by atoms with van der Waals surface area (Å²) in [6.45, 7) is 1.78. The maximum absolute atomic E-state index is 13.4. The molecule has 0 bridgehead atoms. The topological polar surface area (TPSA) is 32.5 Å². The van der Waals surface area contributed by atoms with Gasteiger partial charge in [-0.15, -0.1) is 0 Å². The molecule has 2 N–H and O–H groups in total. The summed E-state index contributed by atoms with van der Waals surface area (Å²) in [6.07, 6.45) is -4.15. The number of rotatable bonds is 4. The van der Waals surface area contributed by atoms with E-state index in [1.807, 2.05) is 11.0 Å². The minimum absolute atomic E-state index is 0.268. The van der Waals surface area contributed by atoms with Crippen LogP contribution in [-0.2, 0) is 13.1 Å². The molecule has 1 aliphatic rings. The van der Waals surface area contributed by atoms with Gasteiger partial charge >= 0.3 is 6.18 Å². The maximum atomic E-state index is 13.4. The molecule has 1 aromatic carbocycles. The van der Waals surface area contributed by atoms with Gasteiger partial charge in [-0.05, 0) is 23.3 Å². The predicted molar refractivity (Wildman–Crippen MR) is 72.1 cm³/mol. The summed E-state index contributed by atoms with van der Waals surface area (Å²) in [6, 6.07) is 4.68. The van der Waals surface area contributed by atoms with Crippen molar-refractivity contribution in [3.63, 3.8) is 0 Å². The largest absolute Gasteiger partial charge is 0.401 e. The molecule has 1 aromatic rings. The number of nitrogens with two attached hydrogens (primary N) is 1. The first-order valence-corrected chi connectivity index (χ1v) is 6.85. The summed E-state index contributed by atoms with van der Waals surface area (Å²) in [5.74, 6) is -0.330. The van der Waals surface area contributed by atoms with E-state index in [0.717, 1.165) is 11.1 Å². The third-order valence-electron chi connectivity index (χ3n) is 3.53. The highest BCUT2D eigenvalue weighted by atomic mass is 19.4. The van der Waals surface area contributed by atoms with E-state index in [9.17, 15) is 17.6 Å². The van der Waals surface area contributed by atoms with Gasteiger partial charge in [0.2, 0.25) is 0 Å². The van der Waals surface area contributed by atoms with Crippen molar-refractivity contribution < 1.29 is 17.6 Å². The van der Waals surface area contributed by atoms with Crippen LogP contribution < -0.4 is 5.73 Å². The van der Waals surface area contributed by atoms with E-state index in [4.69, 9.17) is 5.73 Å². The molecule has 0 spiro atoms. The molecule has 2 rings (SSSR count). The van der Waals surface area contributed by atoms with Crippen molar-refractivity contribution in [3.05, 3.63) is 35.1 Å². The standard InChI is InChI=1S/C14H19F4N3/c15-13-6-11(8-19)5-12(7-13)9-20-1-3-21(4-2-20)10-14(16,17)18/h5-7H,1-4,8-10,19H2. The van der Waals surface area contributed by atoms with Gasteiger partial charge in [0.25, 0.3) is 0 Å². The Morgan fingerprint density at radius 2 is 1.52 bits per heavy atom. The van der Waals surface area contributed by atoms with E-state index < -0.39 is 12.7 Å². The second kappa shape index (κ2) is 6.72. The monoisotopic (exact) mass is 305 g/mol. The highest BCUT2D eigenvalue weighted by Crippen LogP contribution is 2.18. The van der Waals surface area contributed by atoms with Crippen LogP contribution in [0, 0.1) is 5.82 Å². The van der Waals surface area contributed by atoms with Crippen LogP contribution in [0.3, 0.4) is 0 Å². The molecule has 7 heteroatoms. The molecule has 0 aromatic heterocycles. The van der Waals surface area contributed by atoms with Crippen LogP contribution in [0.15, 0.2) is 18.2 Å². The van der Waals surface area contributed by atoms with Crippen LogP contribution in [-0.4, -0.2) is 48.7 Å². The van der Waals surface area contributed by atoms with E-state index in [0.29, 0.717) is 32.7 Å². The Labute approximate surface area is 121 Å². The lowest BCUT2D eigenvalue weighted by molar-refractivity contribution is -0.149. The van der Waals surface area contributed by atoms with Gasteiger partial charge in [0.15, 0.2) is 0 Å². The lowest BCUT2D eigenvalue weighted by Crippen LogP contribution is -2.48. The number of alkyl halides is 3. The molecule has 0 atom stereocenters. The molecule has 0 unspecified atom stereocenters. The molecule has 0 radical (unpaired) electrons. The van der Waals surface area contributed by atoms with Gasteiger partial charge in [-0.25, -0.2) is 4.39 Å². The van der Waals surface area contributed by atoms with E-state index >= 15 is 0 Å². The molecular formula is C14H19F4N3. The number of halogens is 4. The molecule has 118 valence electrons. The second-order valence-corrected chi connectivity index (χ2v) is 5.34. The molecule has 0 aliphatic carbocycles. The number of hydrogen-bond donors (Lipinski definition) is 1. The third-order valence-corrected chi connectivity index (χ3v) is 3.53. The first kappa shape index (κ1) is 16.2. The molecule has 3 nitrogen and oxygen atoms in total. The van der Waals surface area contributed by atoms with Crippen molar-refractivity contribution in [2.45, 2.75) is 19.3 Å². The summed E-state index contributed by atoms with van der Waals surface area (Å²) in [5, 5.41) is 0. The van der Waals surface area contributed by atoms with Crippen LogP contribution >= 0.6 is 0 Å². The SMILES string of the molecule is NCc1cc(F)cc(CN2CCN(CC(F)(F)F)CC2)c1. The van der Waals surface area contributed by atoms with Gasteiger partial charge in [-0.1, -0.05) is 6.07 Å². The highest BCUT2D eigenvalue weighted by Gasteiger charge is 2.32. The minimum Gasteiger partial charge on any atom is -0.326 e. The maximum Gasteiger partial charge on any atom is 0.401 e. The highest BCUT2D eigenvalue weighted by molar-refractivity contribution is 5.24. The predicted octanol–water partition coefficient (Wildman–Crippen LogP) is 1.96. The zero-order chi connectivity index (χ0) is 15.5. The zero-order valence-electron chi connectivity index (χ0n) is 11.7. The number of benzene rings is 1. The summed E-state index contributed by atoms with van der Waals surface area (Å²) < 4.78 is 50.3. The summed E-state index contributed by atoms with van der Waals surface area (Å²) >= 11 is 0. The lowest BCUT2D eigenvalue weighted by Gasteiger charge is -2.35. The Bertz CT molecular complexity index is 468. The summed E-state index contributed by atoms with van der Waals surface area (Å²) in [4.78, 5) is 3.43.